The first kappa shape index (κ1) is 15.0. The van der Waals surface area contributed by atoms with Crippen molar-refractivity contribution < 1.29 is 26.5 Å². The molecule has 0 radical (unpaired) electrons. The number of carbonyl (C=O) groups excluding carboxylic acids is 1. The maximum Gasteiger partial charge on any atom is 0.425 e. The van der Waals surface area contributed by atoms with E-state index in [1.54, 1.807) is 0 Å². The standard InChI is InChI=1S/C18H11F4N3OS/c1-10(19)17(26)24-12-7-14-11(9-25(2)16(14)23-8-12)3-4-13-5-6-15(27-13)18(20,21)22/h5-9H,1H2,2H3,(H,24,26)/i2D3. The van der Waals surface area contributed by atoms with Crippen LogP contribution in [0.5, 0.6) is 0 Å². The largest absolute Gasteiger partial charge is 0.425 e. The molecule has 3 aromatic heterocycles. The molecule has 0 atom stereocenters. The zero-order valence-corrected chi connectivity index (χ0v) is 14.1. The number of fused-ring (bicyclic) bond motifs is 1. The van der Waals surface area contributed by atoms with Crippen LogP contribution in [0.1, 0.15) is 19.4 Å². The fraction of sp³-hybridized carbons (Fsp3) is 0.111. The van der Waals surface area contributed by atoms with Crippen molar-refractivity contribution in [2.24, 2.45) is 6.98 Å². The minimum Gasteiger partial charge on any atom is -0.334 e. The Bertz CT molecular complexity index is 1220. The van der Waals surface area contributed by atoms with Crippen molar-refractivity contribution in [3.8, 4) is 11.8 Å². The molecule has 138 valence electrons. The minimum atomic E-state index is -4.49. The zero-order chi connectivity index (χ0) is 22.3. The third-order valence-corrected chi connectivity index (χ3v) is 4.40. The predicted octanol–water partition coefficient (Wildman–Crippen LogP) is 4.48. The van der Waals surface area contributed by atoms with Gasteiger partial charge in [0.1, 0.15) is 10.5 Å². The Labute approximate surface area is 159 Å². The molecule has 4 nitrogen and oxygen atoms in total. The van der Waals surface area contributed by atoms with Gasteiger partial charge in [0.15, 0.2) is 5.83 Å². The van der Waals surface area contributed by atoms with Gasteiger partial charge in [-0.1, -0.05) is 18.4 Å². The Balaban J connectivity index is 2.08. The molecule has 0 saturated heterocycles. The van der Waals surface area contributed by atoms with E-state index in [0.29, 0.717) is 11.3 Å². The maximum atomic E-state index is 12.9. The second-order valence-corrected chi connectivity index (χ2v) is 6.36. The molecule has 9 heteroatoms. The molecule has 0 aromatic carbocycles. The molecule has 3 rings (SSSR count). The van der Waals surface area contributed by atoms with Crippen LogP contribution in [0.2, 0.25) is 0 Å². The summed E-state index contributed by atoms with van der Waals surface area (Å²) >= 11 is 0.451. The van der Waals surface area contributed by atoms with Crippen LogP contribution in [-0.2, 0) is 17.9 Å². The smallest absolute Gasteiger partial charge is 0.334 e. The van der Waals surface area contributed by atoms with E-state index in [9.17, 15) is 22.4 Å². The van der Waals surface area contributed by atoms with Crippen LogP contribution in [0, 0.1) is 11.8 Å². The quantitative estimate of drug-likeness (QED) is 0.395. The van der Waals surface area contributed by atoms with Crippen LogP contribution in [0.15, 0.2) is 43.0 Å². The van der Waals surface area contributed by atoms with Crippen LogP contribution in [0.4, 0.5) is 23.2 Å². The molecule has 0 saturated carbocycles. The summed E-state index contributed by atoms with van der Waals surface area (Å²) in [6.45, 7) is 0.269. The van der Waals surface area contributed by atoms with Gasteiger partial charge in [0.2, 0.25) is 0 Å². The van der Waals surface area contributed by atoms with Gasteiger partial charge in [0.05, 0.1) is 22.3 Å². The first-order valence-electron chi connectivity index (χ1n) is 8.72. The summed E-state index contributed by atoms with van der Waals surface area (Å²) in [4.78, 5) is 14.8. The van der Waals surface area contributed by atoms with Crippen molar-refractivity contribution in [1.82, 2.24) is 9.55 Å². The van der Waals surface area contributed by atoms with E-state index >= 15 is 0 Å². The molecule has 3 heterocycles. The summed E-state index contributed by atoms with van der Waals surface area (Å²) in [5.74, 6) is 2.89. The molecule has 0 unspecified atom stereocenters. The number of pyridine rings is 1. The van der Waals surface area contributed by atoms with E-state index in [0.717, 1.165) is 16.8 Å². The normalized spacial score (nSPS) is 13.3. The summed E-state index contributed by atoms with van der Waals surface area (Å²) < 4.78 is 74.8. The van der Waals surface area contributed by atoms with Crippen molar-refractivity contribution in [3.63, 3.8) is 0 Å². The molecule has 0 aliphatic rings. The number of nitrogens with one attached hydrogen (secondary N) is 1. The summed E-state index contributed by atoms with van der Waals surface area (Å²) in [7, 11) is 0. The van der Waals surface area contributed by atoms with Crippen molar-refractivity contribution in [2.45, 2.75) is 6.18 Å². The lowest BCUT2D eigenvalue weighted by Crippen LogP contribution is -2.11. The van der Waals surface area contributed by atoms with Crippen LogP contribution >= 0.6 is 11.3 Å². The maximum absolute atomic E-state index is 12.9. The van der Waals surface area contributed by atoms with E-state index in [-0.39, 0.29) is 27.2 Å². The number of carbonyl (C=O) groups is 1. The highest BCUT2D eigenvalue weighted by molar-refractivity contribution is 7.12. The monoisotopic (exact) mass is 396 g/mol. The molecule has 0 fully saturated rings. The van der Waals surface area contributed by atoms with Crippen molar-refractivity contribution >= 4 is 34.0 Å². The second-order valence-electron chi connectivity index (χ2n) is 5.28. The number of thiophene rings is 1. The number of alkyl halides is 3. The van der Waals surface area contributed by atoms with Crippen molar-refractivity contribution in [2.75, 3.05) is 5.32 Å². The molecule has 0 bridgehead atoms. The molecule has 1 amide bonds. The number of aryl methyl sites for hydroxylation is 1. The van der Waals surface area contributed by atoms with Gasteiger partial charge in [0, 0.05) is 22.7 Å². The number of hydrogen-bond acceptors (Lipinski definition) is 3. The number of hydrogen-bond donors (Lipinski definition) is 1. The lowest BCUT2D eigenvalue weighted by Gasteiger charge is -2.03. The average molecular weight is 396 g/mol. The van der Waals surface area contributed by atoms with Gasteiger partial charge in [-0.2, -0.15) is 13.2 Å². The summed E-state index contributed by atoms with van der Waals surface area (Å²) in [5, 5.41) is 2.42. The first-order chi connectivity index (χ1) is 13.9. The Morgan fingerprint density at radius 1 is 1.41 bits per heavy atom. The second kappa shape index (κ2) is 6.89. The third kappa shape index (κ3) is 4.01. The Hall–Kier alpha value is -3.12. The van der Waals surface area contributed by atoms with Crippen LogP contribution in [0.3, 0.4) is 0 Å². The number of halogens is 4. The van der Waals surface area contributed by atoms with Crippen LogP contribution < -0.4 is 5.32 Å². The van der Waals surface area contributed by atoms with Gasteiger partial charge >= 0.3 is 6.18 Å². The Kier molecular flexibility index (Phi) is 3.82. The summed E-state index contributed by atoms with van der Waals surface area (Å²) in [6, 6.07) is 3.45. The zero-order valence-electron chi connectivity index (χ0n) is 16.3. The average Bonchev–Trinajstić information content (AvgIpc) is 3.23. The van der Waals surface area contributed by atoms with Gasteiger partial charge in [-0.05, 0) is 18.2 Å². The topological polar surface area (TPSA) is 46.9 Å². The fourth-order valence-electron chi connectivity index (χ4n) is 2.16. The first-order valence-corrected chi connectivity index (χ1v) is 8.04. The lowest BCUT2D eigenvalue weighted by molar-refractivity contribution is -0.134. The van der Waals surface area contributed by atoms with E-state index in [4.69, 9.17) is 4.11 Å². The van der Waals surface area contributed by atoms with Gasteiger partial charge in [-0.15, -0.1) is 11.3 Å². The van der Waals surface area contributed by atoms with Gasteiger partial charge in [-0.3, -0.25) is 4.79 Å². The van der Waals surface area contributed by atoms with E-state index < -0.39 is 29.8 Å². The van der Waals surface area contributed by atoms with Crippen molar-refractivity contribution in [1.29, 1.82) is 0 Å². The van der Waals surface area contributed by atoms with Crippen LogP contribution in [-0.4, -0.2) is 15.5 Å². The highest BCUT2D eigenvalue weighted by Gasteiger charge is 2.32. The number of amides is 1. The summed E-state index contributed by atoms with van der Waals surface area (Å²) in [6.07, 6.45) is -2.16. The molecule has 0 aliphatic carbocycles. The summed E-state index contributed by atoms with van der Waals surface area (Å²) in [5.41, 5.74) is 0.234. The van der Waals surface area contributed by atoms with Gasteiger partial charge in [0.25, 0.3) is 5.91 Å². The third-order valence-electron chi connectivity index (χ3n) is 3.35. The number of nitrogens with zero attached hydrogens (tertiary/aromatic N) is 2. The molecule has 1 N–H and O–H groups in total. The predicted molar refractivity (Wildman–Crippen MR) is 94.9 cm³/mol. The molecule has 0 aliphatic heterocycles. The SMILES string of the molecule is [2H]C([2H])([2H])n1cc(C#Cc2ccc(C(F)(F)F)s2)c2cc(NC(=O)C(=C)F)cnc21. The van der Waals surface area contributed by atoms with E-state index in [2.05, 4.69) is 28.7 Å². The molecule has 3 aromatic rings. The van der Waals surface area contributed by atoms with Crippen molar-refractivity contribution in [3.05, 3.63) is 58.3 Å². The number of rotatable bonds is 2. The van der Waals surface area contributed by atoms with E-state index in [1.165, 1.54) is 18.3 Å². The van der Waals surface area contributed by atoms with Gasteiger partial charge < -0.3 is 9.88 Å². The molecule has 0 spiro atoms. The minimum absolute atomic E-state index is 0.0125. The highest BCUT2D eigenvalue weighted by atomic mass is 32.1. The Morgan fingerprint density at radius 2 is 2.19 bits per heavy atom. The highest BCUT2D eigenvalue weighted by Crippen LogP contribution is 2.34. The van der Waals surface area contributed by atoms with Crippen LogP contribution in [0.25, 0.3) is 11.0 Å². The number of aromatic nitrogens is 2. The van der Waals surface area contributed by atoms with Gasteiger partial charge in [-0.25, -0.2) is 9.37 Å². The molecule has 27 heavy (non-hydrogen) atoms. The lowest BCUT2D eigenvalue weighted by atomic mass is 10.2. The van der Waals surface area contributed by atoms with E-state index in [1.807, 2.05) is 0 Å². The number of anilines is 1. The fourth-order valence-corrected chi connectivity index (χ4v) is 2.89. The molecular weight excluding hydrogens is 382 g/mol. The molecular formula is C18H11F4N3OS. The Morgan fingerprint density at radius 3 is 2.81 bits per heavy atom.